The minimum Gasteiger partial charge on any atom is -0.475 e. The maximum Gasteiger partial charge on any atom is 0.490 e. The van der Waals surface area contributed by atoms with E-state index < -0.39 is 24.3 Å². The van der Waals surface area contributed by atoms with E-state index >= 15 is 0 Å². The number of carboxylic acids is 2. The number of aromatic nitrogens is 2. The first-order valence-corrected chi connectivity index (χ1v) is 12.6. The molecule has 1 saturated heterocycles. The summed E-state index contributed by atoms with van der Waals surface area (Å²) in [5, 5.41) is 24.9. The van der Waals surface area contributed by atoms with Gasteiger partial charge in [-0.25, -0.2) is 9.59 Å². The Bertz CT molecular complexity index is 1350. The first kappa shape index (κ1) is 34.9. The molecule has 4 N–H and O–H groups in total. The SMILES string of the molecule is CN1CCN(c2cc(-c3cn[nH]c3)ccc2NC(=O)Cc2cccc(Cl)c2)CC1.O=C(O)C(F)(F)F.O=C(O)C(F)(F)F. The third-order valence-electron chi connectivity index (χ3n) is 5.69. The molecule has 2 aromatic carbocycles. The van der Waals surface area contributed by atoms with Gasteiger partial charge in [0.15, 0.2) is 0 Å². The standard InChI is InChI=1S/C22H24ClN5O.2C2HF3O2/c1-27-7-9-28(10-8-27)21-13-17(18-14-24-25-15-18)5-6-20(21)26-22(29)12-16-3-2-4-19(23)11-16;2*3-2(4,5)1(6)7/h2-6,11,13-15H,7-10,12H2,1H3,(H,24,25)(H,26,29);2*(H,6,7). The van der Waals surface area contributed by atoms with E-state index in [-0.39, 0.29) is 12.3 Å². The third kappa shape index (κ3) is 11.8. The largest absolute Gasteiger partial charge is 0.490 e. The highest BCUT2D eigenvalue weighted by atomic mass is 35.5. The smallest absolute Gasteiger partial charge is 0.475 e. The Morgan fingerprint density at radius 2 is 1.51 bits per heavy atom. The van der Waals surface area contributed by atoms with Crippen LogP contribution < -0.4 is 10.2 Å². The number of benzene rings is 2. The van der Waals surface area contributed by atoms with Crippen LogP contribution in [0.15, 0.2) is 54.9 Å². The number of piperazine rings is 1. The van der Waals surface area contributed by atoms with Crippen LogP contribution in [0.1, 0.15) is 5.56 Å². The Hall–Kier alpha value is -4.31. The van der Waals surface area contributed by atoms with E-state index in [1.807, 2.05) is 42.6 Å². The molecule has 234 valence electrons. The molecule has 0 saturated carbocycles. The number of H-pyrrole nitrogens is 1. The Morgan fingerprint density at radius 1 is 0.930 bits per heavy atom. The number of hydrogen-bond donors (Lipinski definition) is 4. The summed E-state index contributed by atoms with van der Waals surface area (Å²) >= 11 is 6.04. The first-order chi connectivity index (χ1) is 20.0. The van der Waals surface area contributed by atoms with Crippen molar-refractivity contribution in [2.45, 2.75) is 18.8 Å². The summed E-state index contributed by atoms with van der Waals surface area (Å²) in [6.45, 7) is 3.82. The van der Waals surface area contributed by atoms with Crippen LogP contribution in [0.5, 0.6) is 0 Å². The van der Waals surface area contributed by atoms with Gasteiger partial charge in [0.05, 0.1) is 24.0 Å². The Kier molecular flexibility index (Phi) is 12.4. The van der Waals surface area contributed by atoms with Gasteiger partial charge in [0.25, 0.3) is 0 Å². The van der Waals surface area contributed by atoms with Crippen molar-refractivity contribution in [3.8, 4) is 11.1 Å². The first-order valence-electron chi connectivity index (χ1n) is 12.2. The van der Waals surface area contributed by atoms with Gasteiger partial charge in [-0.2, -0.15) is 31.4 Å². The summed E-state index contributed by atoms with van der Waals surface area (Å²) in [6.07, 6.45) is -6.20. The fourth-order valence-electron chi connectivity index (χ4n) is 3.56. The van der Waals surface area contributed by atoms with E-state index in [9.17, 15) is 31.1 Å². The van der Waals surface area contributed by atoms with E-state index in [1.165, 1.54) is 0 Å². The van der Waals surface area contributed by atoms with E-state index in [1.54, 1.807) is 6.20 Å². The lowest BCUT2D eigenvalue weighted by Crippen LogP contribution is -2.44. The second kappa shape index (κ2) is 15.2. The lowest BCUT2D eigenvalue weighted by Gasteiger charge is -2.35. The summed E-state index contributed by atoms with van der Waals surface area (Å²) in [5.41, 5.74) is 4.86. The van der Waals surface area contributed by atoms with Crippen molar-refractivity contribution in [3.05, 3.63) is 65.4 Å². The number of carboxylic acid groups (broad SMARTS) is 2. The van der Waals surface area contributed by atoms with Crippen molar-refractivity contribution in [2.75, 3.05) is 43.4 Å². The highest BCUT2D eigenvalue weighted by Gasteiger charge is 2.38. The van der Waals surface area contributed by atoms with E-state index in [0.717, 1.165) is 54.2 Å². The van der Waals surface area contributed by atoms with Crippen molar-refractivity contribution in [1.82, 2.24) is 15.1 Å². The molecule has 0 atom stereocenters. The van der Waals surface area contributed by atoms with Gasteiger partial charge in [-0.1, -0.05) is 29.8 Å². The van der Waals surface area contributed by atoms with Crippen LogP contribution in [-0.2, 0) is 20.8 Å². The number of hydrogen-bond acceptors (Lipinski definition) is 6. The molecule has 0 unspecified atom stereocenters. The van der Waals surface area contributed by atoms with Gasteiger partial charge in [-0.15, -0.1) is 0 Å². The molecule has 2 heterocycles. The highest BCUT2D eigenvalue weighted by Crippen LogP contribution is 2.32. The summed E-state index contributed by atoms with van der Waals surface area (Å²) in [4.78, 5) is 35.1. The topological polar surface area (TPSA) is 139 Å². The number of halogens is 7. The van der Waals surface area contributed by atoms with Gasteiger partial charge in [0.1, 0.15) is 0 Å². The Labute approximate surface area is 245 Å². The summed E-state index contributed by atoms with van der Waals surface area (Å²) in [5.74, 6) is -5.57. The van der Waals surface area contributed by atoms with E-state index in [4.69, 9.17) is 31.4 Å². The second-order valence-electron chi connectivity index (χ2n) is 8.97. The zero-order valence-corrected chi connectivity index (χ0v) is 23.1. The van der Waals surface area contributed by atoms with E-state index in [2.05, 4.69) is 38.4 Å². The van der Waals surface area contributed by atoms with Crippen molar-refractivity contribution in [2.24, 2.45) is 0 Å². The molecule has 3 aromatic rings. The average Bonchev–Trinajstić information content (AvgIpc) is 3.44. The molecule has 0 aliphatic carbocycles. The van der Waals surface area contributed by atoms with Gasteiger partial charge in [0.2, 0.25) is 5.91 Å². The minimum atomic E-state index is -5.08. The highest BCUT2D eigenvalue weighted by molar-refractivity contribution is 6.30. The van der Waals surface area contributed by atoms with Crippen molar-refractivity contribution in [1.29, 1.82) is 0 Å². The Balaban J connectivity index is 0.000000384. The predicted octanol–water partition coefficient (Wildman–Crippen LogP) is 4.93. The number of aromatic amines is 1. The van der Waals surface area contributed by atoms with Crippen LogP contribution >= 0.6 is 11.6 Å². The van der Waals surface area contributed by atoms with Crippen LogP contribution in [-0.4, -0.2) is 88.7 Å². The zero-order chi connectivity index (χ0) is 32.4. The molecule has 17 heteroatoms. The summed E-state index contributed by atoms with van der Waals surface area (Å²) in [6, 6.07) is 13.5. The number of rotatable bonds is 5. The number of nitrogens with one attached hydrogen (secondary N) is 2. The van der Waals surface area contributed by atoms with Crippen molar-refractivity contribution >= 4 is 40.8 Å². The minimum absolute atomic E-state index is 0.0568. The zero-order valence-electron chi connectivity index (χ0n) is 22.3. The molecular weight excluding hydrogens is 612 g/mol. The number of carbonyl (C=O) groups is 3. The lowest BCUT2D eigenvalue weighted by molar-refractivity contribution is -0.193. The fourth-order valence-corrected chi connectivity index (χ4v) is 3.77. The maximum atomic E-state index is 12.7. The third-order valence-corrected chi connectivity index (χ3v) is 5.92. The van der Waals surface area contributed by atoms with Crippen LogP contribution in [0.4, 0.5) is 37.7 Å². The van der Waals surface area contributed by atoms with Crippen LogP contribution in [0, 0.1) is 0 Å². The van der Waals surface area contributed by atoms with Gasteiger partial charge in [-0.05, 0) is 42.4 Å². The molecule has 1 aromatic heterocycles. The number of amides is 1. The van der Waals surface area contributed by atoms with Gasteiger partial charge < -0.3 is 25.3 Å². The number of aliphatic carboxylic acids is 2. The predicted molar refractivity (Wildman–Crippen MR) is 145 cm³/mol. The number of likely N-dealkylation sites (N-methyl/N-ethyl adjacent to an activating group) is 1. The molecule has 10 nitrogen and oxygen atoms in total. The average molecular weight is 638 g/mol. The summed E-state index contributed by atoms with van der Waals surface area (Å²) in [7, 11) is 2.13. The van der Waals surface area contributed by atoms with Gasteiger partial charge >= 0.3 is 24.3 Å². The van der Waals surface area contributed by atoms with Crippen molar-refractivity contribution < 1.29 is 50.9 Å². The maximum absolute atomic E-state index is 12.7. The molecular formula is C26H26ClF6N5O5. The fraction of sp³-hybridized carbons (Fsp3) is 0.308. The van der Waals surface area contributed by atoms with Crippen LogP contribution in [0.2, 0.25) is 5.02 Å². The van der Waals surface area contributed by atoms with E-state index in [0.29, 0.717) is 5.02 Å². The molecule has 4 rings (SSSR count). The molecule has 0 radical (unpaired) electrons. The number of nitrogens with zero attached hydrogens (tertiary/aromatic N) is 3. The number of anilines is 2. The monoisotopic (exact) mass is 637 g/mol. The quantitative estimate of drug-likeness (QED) is 0.289. The normalized spacial score (nSPS) is 13.6. The molecule has 1 aliphatic rings. The molecule has 0 bridgehead atoms. The molecule has 43 heavy (non-hydrogen) atoms. The van der Waals surface area contributed by atoms with Gasteiger partial charge in [0, 0.05) is 43.0 Å². The lowest BCUT2D eigenvalue weighted by atomic mass is 10.1. The Morgan fingerprint density at radius 3 is 2.00 bits per heavy atom. The van der Waals surface area contributed by atoms with Crippen molar-refractivity contribution in [3.63, 3.8) is 0 Å². The molecule has 0 spiro atoms. The molecule has 1 aliphatic heterocycles. The second-order valence-corrected chi connectivity index (χ2v) is 9.41. The summed E-state index contributed by atoms with van der Waals surface area (Å²) < 4.78 is 63.5. The molecule has 1 amide bonds. The van der Waals surface area contributed by atoms with Crippen LogP contribution in [0.3, 0.4) is 0 Å². The molecule has 1 fully saturated rings. The number of alkyl halides is 6. The number of carbonyl (C=O) groups excluding carboxylic acids is 1. The van der Waals surface area contributed by atoms with Crippen LogP contribution in [0.25, 0.3) is 11.1 Å². The van der Waals surface area contributed by atoms with Gasteiger partial charge in [-0.3, -0.25) is 9.89 Å².